The van der Waals surface area contributed by atoms with Crippen molar-refractivity contribution in [2.45, 2.75) is 50.2 Å². The number of hydrogen-bond donors (Lipinski definition) is 1. The molecule has 1 aliphatic carbocycles. The van der Waals surface area contributed by atoms with Crippen LogP contribution in [0.5, 0.6) is 5.75 Å². The number of halogens is 3. The first kappa shape index (κ1) is 25.9. The smallest absolute Gasteiger partial charge is 0.480 e. The van der Waals surface area contributed by atoms with Crippen molar-refractivity contribution in [3.05, 3.63) is 83.7 Å². The van der Waals surface area contributed by atoms with Gasteiger partial charge < -0.3 is 19.5 Å². The number of aliphatic carboxylic acids is 1. The Morgan fingerprint density at radius 2 is 1.81 bits per heavy atom. The number of carboxylic acids is 1. The average molecular weight is 515 g/mol. The maximum atomic E-state index is 13.4. The SMILES string of the molecule is O=CCC(c1cnn(Cc2ccccc2)c1)C(C(=O)O)N(C(=O)c1ccc(OC(F)(F)F)cc1)C1CC1. The number of benzene rings is 2. The molecule has 1 N–H and O–H groups in total. The first-order valence-electron chi connectivity index (χ1n) is 11.6. The summed E-state index contributed by atoms with van der Waals surface area (Å²) in [6, 6.07) is 12.1. The molecule has 8 nitrogen and oxygen atoms in total. The molecule has 1 heterocycles. The summed E-state index contributed by atoms with van der Waals surface area (Å²) in [4.78, 5) is 38.8. The van der Waals surface area contributed by atoms with Crippen molar-refractivity contribution in [2.75, 3.05) is 0 Å². The Kier molecular flexibility index (Phi) is 7.61. The maximum absolute atomic E-state index is 13.4. The number of ether oxygens (including phenoxy) is 1. The van der Waals surface area contributed by atoms with Crippen molar-refractivity contribution in [3.63, 3.8) is 0 Å². The molecule has 1 aromatic heterocycles. The standard InChI is InChI=1S/C26H24F3N3O5/c27-26(28,29)37-21-10-6-18(7-11-21)24(34)32(20-8-9-20)23(25(35)36)22(12-13-33)19-14-30-31(16-19)15-17-4-2-1-3-5-17/h1-7,10-11,13-14,16,20,22-23H,8-9,12,15H2,(H,35,36). The minimum Gasteiger partial charge on any atom is -0.480 e. The molecule has 4 rings (SSSR count). The van der Waals surface area contributed by atoms with Gasteiger partial charge in [0, 0.05) is 30.1 Å². The summed E-state index contributed by atoms with van der Waals surface area (Å²) in [5, 5.41) is 14.5. The highest BCUT2D eigenvalue weighted by atomic mass is 19.4. The number of rotatable bonds is 11. The fourth-order valence-electron chi connectivity index (χ4n) is 4.28. The van der Waals surface area contributed by atoms with Crippen molar-refractivity contribution in [2.24, 2.45) is 0 Å². The normalized spacial score (nSPS) is 15.0. The molecule has 2 atom stereocenters. The van der Waals surface area contributed by atoms with E-state index in [0.717, 1.165) is 29.8 Å². The van der Waals surface area contributed by atoms with E-state index in [1.807, 2.05) is 30.3 Å². The Labute approximate surface area is 210 Å². The van der Waals surface area contributed by atoms with E-state index in [1.165, 1.54) is 11.1 Å². The Morgan fingerprint density at radius 1 is 1.14 bits per heavy atom. The number of aldehydes is 1. The number of carbonyl (C=O) groups excluding carboxylic acids is 2. The molecule has 0 aliphatic heterocycles. The molecule has 1 fully saturated rings. The van der Waals surface area contributed by atoms with Gasteiger partial charge in [-0.05, 0) is 48.2 Å². The van der Waals surface area contributed by atoms with Crippen LogP contribution >= 0.6 is 0 Å². The number of nitrogens with zero attached hydrogens (tertiary/aromatic N) is 3. The van der Waals surface area contributed by atoms with Gasteiger partial charge in [0.1, 0.15) is 18.1 Å². The summed E-state index contributed by atoms with van der Waals surface area (Å²) in [7, 11) is 0. The van der Waals surface area contributed by atoms with Gasteiger partial charge in [-0.2, -0.15) is 5.10 Å². The number of carboxylic acid groups (broad SMARTS) is 1. The van der Waals surface area contributed by atoms with Gasteiger partial charge in [0.25, 0.3) is 5.91 Å². The molecule has 11 heteroatoms. The van der Waals surface area contributed by atoms with E-state index in [1.54, 1.807) is 10.9 Å². The topological polar surface area (TPSA) is 102 Å². The van der Waals surface area contributed by atoms with Crippen LogP contribution < -0.4 is 4.74 Å². The molecule has 194 valence electrons. The van der Waals surface area contributed by atoms with Gasteiger partial charge in [-0.15, -0.1) is 13.2 Å². The Morgan fingerprint density at radius 3 is 2.38 bits per heavy atom. The largest absolute Gasteiger partial charge is 0.573 e. The molecule has 0 radical (unpaired) electrons. The lowest BCUT2D eigenvalue weighted by molar-refractivity contribution is -0.274. The zero-order valence-electron chi connectivity index (χ0n) is 19.5. The van der Waals surface area contributed by atoms with Crippen LogP contribution in [0, 0.1) is 0 Å². The molecule has 1 saturated carbocycles. The molecule has 2 unspecified atom stereocenters. The Bertz CT molecular complexity index is 1240. The van der Waals surface area contributed by atoms with Gasteiger partial charge in [-0.25, -0.2) is 4.79 Å². The predicted octanol–water partition coefficient (Wildman–Crippen LogP) is 4.26. The highest BCUT2D eigenvalue weighted by Gasteiger charge is 2.45. The lowest BCUT2D eigenvalue weighted by Crippen LogP contribution is -2.50. The third-order valence-corrected chi connectivity index (χ3v) is 6.06. The summed E-state index contributed by atoms with van der Waals surface area (Å²) >= 11 is 0. The van der Waals surface area contributed by atoms with Crippen LogP contribution in [0.3, 0.4) is 0 Å². The molecule has 0 saturated heterocycles. The second kappa shape index (κ2) is 10.9. The minimum absolute atomic E-state index is 0.0114. The number of hydrogen-bond acceptors (Lipinski definition) is 5. The van der Waals surface area contributed by atoms with Crippen LogP contribution in [0.4, 0.5) is 13.2 Å². The van der Waals surface area contributed by atoms with Crippen molar-refractivity contribution in [1.29, 1.82) is 0 Å². The number of aromatic nitrogens is 2. The average Bonchev–Trinajstić information content (AvgIpc) is 3.58. The molecule has 1 amide bonds. The molecule has 0 bridgehead atoms. The van der Waals surface area contributed by atoms with E-state index < -0.39 is 35.9 Å². The minimum atomic E-state index is -4.88. The summed E-state index contributed by atoms with van der Waals surface area (Å²) < 4.78 is 42.9. The van der Waals surface area contributed by atoms with Crippen LogP contribution in [-0.4, -0.2) is 56.4 Å². The third kappa shape index (κ3) is 6.54. The van der Waals surface area contributed by atoms with Gasteiger partial charge in [0.2, 0.25) is 0 Å². The summed E-state index contributed by atoms with van der Waals surface area (Å²) in [6.07, 6.45) is -0.136. The zero-order chi connectivity index (χ0) is 26.6. The molecular weight excluding hydrogens is 491 g/mol. The Hall–Kier alpha value is -4.15. The molecule has 37 heavy (non-hydrogen) atoms. The number of alkyl halides is 3. The van der Waals surface area contributed by atoms with E-state index in [2.05, 4.69) is 9.84 Å². The summed E-state index contributed by atoms with van der Waals surface area (Å²) in [5.41, 5.74) is 1.48. The Balaban J connectivity index is 1.62. The molecule has 1 aliphatic rings. The van der Waals surface area contributed by atoms with Gasteiger partial charge >= 0.3 is 12.3 Å². The van der Waals surface area contributed by atoms with E-state index in [0.29, 0.717) is 31.2 Å². The van der Waals surface area contributed by atoms with Crippen LogP contribution in [-0.2, 0) is 16.1 Å². The fraction of sp³-hybridized carbons (Fsp3) is 0.308. The summed E-state index contributed by atoms with van der Waals surface area (Å²) in [5.74, 6) is -3.32. The predicted molar refractivity (Wildman–Crippen MR) is 125 cm³/mol. The maximum Gasteiger partial charge on any atom is 0.573 e. The van der Waals surface area contributed by atoms with Crippen LogP contribution in [0.2, 0.25) is 0 Å². The second-order valence-electron chi connectivity index (χ2n) is 8.76. The molecule has 3 aromatic rings. The lowest BCUT2D eigenvalue weighted by Gasteiger charge is -2.34. The first-order valence-corrected chi connectivity index (χ1v) is 11.6. The van der Waals surface area contributed by atoms with Crippen molar-refractivity contribution < 1.29 is 37.4 Å². The van der Waals surface area contributed by atoms with E-state index in [-0.39, 0.29) is 18.0 Å². The number of amides is 1. The first-order chi connectivity index (χ1) is 17.7. The number of carbonyl (C=O) groups is 3. The van der Waals surface area contributed by atoms with Crippen LogP contribution in [0.25, 0.3) is 0 Å². The highest BCUT2D eigenvalue weighted by molar-refractivity contribution is 5.97. The molecule has 2 aromatic carbocycles. The zero-order valence-corrected chi connectivity index (χ0v) is 19.5. The third-order valence-electron chi connectivity index (χ3n) is 6.06. The molecular formula is C26H24F3N3O5. The monoisotopic (exact) mass is 515 g/mol. The van der Waals surface area contributed by atoms with Gasteiger partial charge in [-0.3, -0.25) is 9.48 Å². The summed E-state index contributed by atoms with van der Waals surface area (Å²) in [6.45, 7) is 0.435. The van der Waals surface area contributed by atoms with Crippen LogP contribution in [0.15, 0.2) is 67.0 Å². The highest BCUT2D eigenvalue weighted by Crippen LogP contribution is 2.36. The van der Waals surface area contributed by atoms with E-state index in [9.17, 15) is 32.7 Å². The van der Waals surface area contributed by atoms with Gasteiger partial charge in [0.15, 0.2) is 0 Å². The quantitative estimate of drug-likeness (QED) is 0.383. The van der Waals surface area contributed by atoms with Gasteiger partial charge in [0.05, 0.1) is 12.7 Å². The van der Waals surface area contributed by atoms with Crippen molar-refractivity contribution >= 4 is 18.2 Å². The fourth-order valence-corrected chi connectivity index (χ4v) is 4.28. The van der Waals surface area contributed by atoms with E-state index >= 15 is 0 Å². The second-order valence-corrected chi connectivity index (χ2v) is 8.76. The van der Waals surface area contributed by atoms with Crippen molar-refractivity contribution in [3.8, 4) is 5.75 Å². The van der Waals surface area contributed by atoms with Crippen LogP contribution in [0.1, 0.15) is 46.7 Å². The van der Waals surface area contributed by atoms with Crippen molar-refractivity contribution in [1.82, 2.24) is 14.7 Å². The lowest BCUT2D eigenvalue weighted by atomic mass is 9.89. The van der Waals surface area contributed by atoms with Gasteiger partial charge in [-0.1, -0.05) is 30.3 Å². The van der Waals surface area contributed by atoms with E-state index in [4.69, 9.17) is 0 Å². The molecule has 0 spiro atoms.